The Morgan fingerprint density at radius 2 is 2.21 bits per heavy atom. The van der Waals surface area contributed by atoms with Crippen molar-refractivity contribution in [2.75, 3.05) is 13.7 Å². The van der Waals surface area contributed by atoms with Gasteiger partial charge < -0.3 is 9.47 Å². The second kappa shape index (κ2) is 5.81. The zero-order valence-corrected chi connectivity index (χ0v) is 9.50. The molecule has 0 aromatic carbocycles. The molecule has 0 aliphatic carbocycles. The molecular formula is C11H20O3. The Balaban J connectivity index is 4.68. The van der Waals surface area contributed by atoms with E-state index in [9.17, 15) is 4.79 Å². The van der Waals surface area contributed by atoms with Gasteiger partial charge in [0.25, 0.3) is 0 Å². The lowest BCUT2D eigenvalue weighted by Gasteiger charge is -2.31. The van der Waals surface area contributed by atoms with Gasteiger partial charge in [0.15, 0.2) is 0 Å². The van der Waals surface area contributed by atoms with E-state index < -0.39 is 5.41 Å². The van der Waals surface area contributed by atoms with Crippen molar-refractivity contribution >= 4 is 5.97 Å². The minimum absolute atomic E-state index is 0.181. The van der Waals surface area contributed by atoms with Gasteiger partial charge in [0.1, 0.15) is 0 Å². The van der Waals surface area contributed by atoms with E-state index in [0.717, 1.165) is 0 Å². The third-order valence-corrected chi connectivity index (χ3v) is 2.56. The number of rotatable bonds is 6. The van der Waals surface area contributed by atoms with Gasteiger partial charge in [-0.2, -0.15) is 0 Å². The topological polar surface area (TPSA) is 35.5 Å². The van der Waals surface area contributed by atoms with Gasteiger partial charge in [-0.1, -0.05) is 6.08 Å². The van der Waals surface area contributed by atoms with Crippen LogP contribution in [0.4, 0.5) is 0 Å². The molecule has 0 fully saturated rings. The first kappa shape index (κ1) is 13.2. The van der Waals surface area contributed by atoms with Gasteiger partial charge in [-0.05, 0) is 27.2 Å². The van der Waals surface area contributed by atoms with Crippen LogP contribution in [-0.2, 0) is 14.3 Å². The monoisotopic (exact) mass is 200 g/mol. The first-order valence-electron chi connectivity index (χ1n) is 4.83. The molecule has 82 valence electrons. The number of hydrogen-bond acceptors (Lipinski definition) is 3. The lowest BCUT2D eigenvalue weighted by molar-refractivity contribution is -0.162. The Morgan fingerprint density at radius 1 is 1.64 bits per heavy atom. The van der Waals surface area contributed by atoms with Crippen LogP contribution in [0.2, 0.25) is 0 Å². The summed E-state index contributed by atoms with van der Waals surface area (Å²) < 4.78 is 10.2. The maximum absolute atomic E-state index is 11.7. The number of ether oxygens (including phenoxy) is 2. The van der Waals surface area contributed by atoms with E-state index in [-0.39, 0.29) is 12.1 Å². The molecule has 2 atom stereocenters. The summed E-state index contributed by atoms with van der Waals surface area (Å²) in [4.78, 5) is 11.7. The third-order valence-electron chi connectivity index (χ3n) is 2.56. The molecule has 0 saturated heterocycles. The maximum Gasteiger partial charge on any atom is 0.314 e. The molecule has 3 heteroatoms. The van der Waals surface area contributed by atoms with Crippen LogP contribution < -0.4 is 0 Å². The molecule has 0 aromatic rings. The van der Waals surface area contributed by atoms with Crippen molar-refractivity contribution in [1.29, 1.82) is 0 Å². The smallest absolute Gasteiger partial charge is 0.314 e. The van der Waals surface area contributed by atoms with Gasteiger partial charge in [-0.25, -0.2) is 0 Å². The molecule has 3 nitrogen and oxygen atoms in total. The van der Waals surface area contributed by atoms with E-state index in [4.69, 9.17) is 9.47 Å². The molecule has 0 saturated carbocycles. The molecule has 0 heterocycles. The summed E-state index contributed by atoms with van der Waals surface area (Å²) >= 11 is 0. The van der Waals surface area contributed by atoms with Gasteiger partial charge >= 0.3 is 5.97 Å². The van der Waals surface area contributed by atoms with Crippen molar-refractivity contribution in [2.45, 2.75) is 33.3 Å². The Kier molecular flexibility index (Phi) is 5.46. The highest BCUT2D eigenvalue weighted by Gasteiger charge is 2.39. The maximum atomic E-state index is 11.7. The molecular weight excluding hydrogens is 180 g/mol. The SMILES string of the molecule is C=CC[C@](C)(C(=O)OCC)[C@H](C)OC. The summed E-state index contributed by atoms with van der Waals surface area (Å²) in [5, 5.41) is 0. The molecule has 0 unspecified atom stereocenters. The Hall–Kier alpha value is -0.830. The van der Waals surface area contributed by atoms with E-state index in [0.29, 0.717) is 13.0 Å². The highest BCUT2D eigenvalue weighted by atomic mass is 16.5. The third kappa shape index (κ3) is 2.84. The number of allylic oxidation sites excluding steroid dienone is 1. The van der Waals surface area contributed by atoms with Gasteiger partial charge in [0.2, 0.25) is 0 Å². The van der Waals surface area contributed by atoms with Gasteiger partial charge in [-0.3, -0.25) is 4.79 Å². The summed E-state index contributed by atoms with van der Waals surface area (Å²) in [7, 11) is 1.59. The van der Waals surface area contributed by atoms with Crippen LogP contribution in [0.15, 0.2) is 12.7 Å². The lowest BCUT2D eigenvalue weighted by atomic mass is 9.81. The normalized spacial score (nSPS) is 16.9. The Morgan fingerprint density at radius 3 is 2.57 bits per heavy atom. The summed E-state index contributed by atoms with van der Waals surface area (Å²) in [6.45, 7) is 9.52. The molecule has 0 spiro atoms. The quantitative estimate of drug-likeness (QED) is 0.487. The number of esters is 1. The highest BCUT2D eigenvalue weighted by molar-refractivity contribution is 5.77. The fourth-order valence-corrected chi connectivity index (χ4v) is 1.27. The van der Waals surface area contributed by atoms with Crippen LogP contribution in [0.1, 0.15) is 27.2 Å². The molecule has 0 N–H and O–H groups in total. The summed E-state index contributed by atoms with van der Waals surface area (Å²) in [5.74, 6) is -0.228. The molecule has 0 aromatic heterocycles. The molecule has 0 aliphatic rings. The Bertz CT molecular complexity index is 201. The number of carbonyl (C=O) groups excluding carboxylic acids is 1. The van der Waals surface area contributed by atoms with Gasteiger partial charge in [-0.15, -0.1) is 6.58 Å². The minimum atomic E-state index is -0.632. The molecule has 0 amide bonds. The van der Waals surface area contributed by atoms with Crippen LogP contribution in [-0.4, -0.2) is 25.8 Å². The second-order valence-corrected chi connectivity index (χ2v) is 3.51. The van der Waals surface area contributed by atoms with Crippen LogP contribution in [0.25, 0.3) is 0 Å². The standard InChI is InChI=1S/C11H20O3/c1-6-8-11(4,9(3)13-5)10(12)14-7-2/h6,9H,1,7-8H2,2-5H3/t9-,11-/m0/s1. The summed E-state index contributed by atoms with van der Waals surface area (Å²) in [6, 6.07) is 0. The molecule has 0 rings (SSSR count). The van der Waals surface area contributed by atoms with Crippen LogP contribution in [0.3, 0.4) is 0 Å². The van der Waals surface area contributed by atoms with Crippen molar-refractivity contribution in [3.05, 3.63) is 12.7 Å². The van der Waals surface area contributed by atoms with Crippen LogP contribution >= 0.6 is 0 Å². The van der Waals surface area contributed by atoms with E-state index in [1.165, 1.54) is 0 Å². The van der Waals surface area contributed by atoms with Gasteiger partial charge in [0, 0.05) is 7.11 Å². The fraction of sp³-hybridized carbons (Fsp3) is 0.727. The van der Waals surface area contributed by atoms with Gasteiger partial charge in [0.05, 0.1) is 18.1 Å². The first-order chi connectivity index (χ1) is 6.52. The van der Waals surface area contributed by atoms with Crippen LogP contribution in [0, 0.1) is 5.41 Å². The number of carbonyl (C=O) groups is 1. The average Bonchev–Trinajstić information content (AvgIpc) is 2.17. The van der Waals surface area contributed by atoms with Crippen molar-refractivity contribution in [3.63, 3.8) is 0 Å². The first-order valence-corrected chi connectivity index (χ1v) is 4.83. The largest absolute Gasteiger partial charge is 0.465 e. The van der Waals surface area contributed by atoms with Crippen LogP contribution in [0.5, 0.6) is 0 Å². The average molecular weight is 200 g/mol. The van der Waals surface area contributed by atoms with Crippen molar-refractivity contribution in [2.24, 2.45) is 5.41 Å². The summed E-state index contributed by atoms with van der Waals surface area (Å²) in [6.07, 6.45) is 2.09. The lowest BCUT2D eigenvalue weighted by Crippen LogP contribution is -2.40. The van der Waals surface area contributed by atoms with E-state index >= 15 is 0 Å². The van der Waals surface area contributed by atoms with Crippen molar-refractivity contribution < 1.29 is 14.3 Å². The molecule has 14 heavy (non-hydrogen) atoms. The van der Waals surface area contributed by atoms with E-state index in [2.05, 4.69) is 6.58 Å². The second-order valence-electron chi connectivity index (χ2n) is 3.51. The predicted octanol–water partition coefficient (Wildman–Crippen LogP) is 2.17. The molecule has 0 aliphatic heterocycles. The summed E-state index contributed by atoms with van der Waals surface area (Å²) in [5.41, 5.74) is -0.632. The number of methoxy groups -OCH3 is 1. The number of hydrogen-bond donors (Lipinski definition) is 0. The Labute approximate surface area is 86.1 Å². The molecule has 0 radical (unpaired) electrons. The molecule has 0 bridgehead atoms. The van der Waals surface area contributed by atoms with Crippen molar-refractivity contribution in [1.82, 2.24) is 0 Å². The van der Waals surface area contributed by atoms with E-state index in [1.54, 1.807) is 20.1 Å². The highest BCUT2D eigenvalue weighted by Crippen LogP contribution is 2.30. The zero-order valence-electron chi connectivity index (χ0n) is 9.50. The minimum Gasteiger partial charge on any atom is -0.465 e. The van der Waals surface area contributed by atoms with E-state index in [1.807, 2.05) is 13.8 Å². The zero-order chi connectivity index (χ0) is 11.2. The predicted molar refractivity (Wildman–Crippen MR) is 56.0 cm³/mol. The fourth-order valence-electron chi connectivity index (χ4n) is 1.27. The van der Waals surface area contributed by atoms with Crippen molar-refractivity contribution in [3.8, 4) is 0 Å².